The number of carbonyl (C=O) groups excluding carboxylic acids is 1. The van der Waals surface area contributed by atoms with Gasteiger partial charge in [-0.15, -0.1) is 0 Å². The highest BCUT2D eigenvalue weighted by molar-refractivity contribution is 5.74. The van der Waals surface area contributed by atoms with Gasteiger partial charge in [0.05, 0.1) is 0 Å². The monoisotopic (exact) mass is 570 g/mol. The predicted molar refractivity (Wildman–Crippen MR) is 109 cm³/mol. The zero-order valence-electron chi connectivity index (χ0n) is 18.9. The summed E-state index contributed by atoms with van der Waals surface area (Å²) >= 11 is -0.0703. The summed E-state index contributed by atoms with van der Waals surface area (Å²) in [5.41, 5.74) is 3.31. The summed E-state index contributed by atoms with van der Waals surface area (Å²) in [7, 11) is 0. The Morgan fingerprint density at radius 2 is 1.06 bits per heavy atom. The molecule has 0 aromatic heterocycles. The van der Waals surface area contributed by atoms with Crippen LogP contribution in [0.2, 0.25) is 0 Å². The first kappa shape index (κ1) is 28.3. The Hall–Kier alpha value is -1.71. The van der Waals surface area contributed by atoms with Gasteiger partial charge in [-0.1, -0.05) is 65.8 Å². The van der Waals surface area contributed by atoms with Gasteiger partial charge in [-0.2, -0.15) is 17.6 Å². The van der Waals surface area contributed by atoms with Crippen LogP contribution < -0.4 is 26.3 Å². The van der Waals surface area contributed by atoms with E-state index in [9.17, 15) is 31.9 Å². The molecule has 0 heterocycles. The van der Waals surface area contributed by atoms with Gasteiger partial charge in [0.15, 0.2) is 13.8 Å². The van der Waals surface area contributed by atoms with E-state index in [0.29, 0.717) is 0 Å². The molecule has 0 aliphatic heterocycles. The first-order valence-corrected chi connectivity index (χ1v) is 12.0. The van der Waals surface area contributed by atoms with Gasteiger partial charge >= 0.3 is 33.1 Å². The lowest BCUT2D eigenvalue weighted by molar-refractivity contribution is -0.597. The molecule has 2 aromatic rings. The molecule has 8 heteroatoms. The topological polar surface area (TPSA) is 40.1 Å². The number of rotatable bonds is 5. The van der Waals surface area contributed by atoms with Crippen molar-refractivity contribution in [2.45, 2.75) is 64.2 Å². The van der Waals surface area contributed by atoms with E-state index in [1.807, 2.05) is 0 Å². The lowest BCUT2D eigenvalue weighted by Crippen LogP contribution is -3.61. The third kappa shape index (κ3) is 7.71. The van der Waals surface area contributed by atoms with Gasteiger partial charge in [0.25, 0.3) is 0 Å². The molecule has 32 heavy (non-hydrogen) atoms. The first-order chi connectivity index (χ1) is 14.4. The maximum atomic E-state index is 11.7. The molecule has 0 atom stereocenters. The van der Waals surface area contributed by atoms with Crippen molar-refractivity contribution < 1.29 is 53.1 Å². The minimum absolute atomic E-state index is 0.0703. The van der Waals surface area contributed by atoms with Crippen LogP contribution in [-0.4, -0.2) is 24.5 Å². The molecule has 2 nitrogen and oxygen atoms in total. The molecule has 0 radical (unpaired) electrons. The van der Waals surface area contributed by atoms with E-state index in [4.69, 9.17) is 0 Å². The lowest BCUT2D eigenvalue weighted by atomic mass is 9.87. The van der Waals surface area contributed by atoms with Crippen LogP contribution in [0.5, 0.6) is 0 Å². The number of carboxylic acid groups (broad SMARTS) is 1. The summed E-state index contributed by atoms with van der Waals surface area (Å²) in [4.78, 5) is 9.32. The summed E-state index contributed by atoms with van der Waals surface area (Å²) in [6, 6.07) is 18.4. The average Bonchev–Trinajstić information content (AvgIpc) is 2.67. The molecule has 2 aromatic carbocycles. The van der Waals surface area contributed by atoms with Gasteiger partial charge < -0.3 is 9.90 Å². The van der Waals surface area contributed by atoms with Gasteiger partial charge in [0, 0.05) is 0 Å². The van der Waals surface area contributed by atoms with Crippen molar-refractivity contribution in [2.75, 3.05) is 6.67 Å². The standard InChI is InChI=1S/C20H26I.C4H3F5O2/c1-19(2,3)15-7-11-17(12-8-15)21-18-13-9-16(10-14-18)20(4,5)6;5-1-3(6,7)4(8,9)2(10)11/h7-14H,1-6H3;1H2,(H,10,11)/q+1;/p-1. The second kappa shape index (κ2) is 10.5. The third-order valence-electron chi connectivity index (χ3n) is 4.52. The van der Waals surface area contributed by atoms with Gasteiger partial charge in [0.2, 0.25) is 0 Å². The van der Waals surface area contributed by atoms with E-state index in [-0.39, 0.29) is 32.0 Å². The molecule has 0 fully saturated rings. The van der Waals surface area contributed by atoms with Crippen molar-refractivity contribution >= 4 is 5.97 Å². The molecule has 0 aliphatic rings. The minimum Gasteiger partial charge on any atom is -0.544 e. The Labute approximate surface area is 196 Å². The zero-order valence-corrected chi connectivity index (χ0v) is 21.1. The van der Waals surface area contributed by atoms with E-state index >= 15 is 0 Å². The van der Waals surface area contributed by atoms with Crippen LogP contribution in [0, 0.1) is 7.14 Å². The smallest absolute Gasteiger partial charge is 0.357 e. The van der Waals surface area contributed by atoms with Crippen LogP contribution in [-0.2, 0) is 15.6 Å². The fourth-order valence-corrected chi connectivity index (χ4v) is 4.54. The van der Waals surface area contributed by atoms with Gasteiger partial charge in [-0.05, 0) is 46.2 Å². The molecule has 2 rings (SSSR count). The zero-order chi connectivity index (χ0) is 25.0. The fraction of sp³-hybridized carbons (Fsp3) is 0.458. The fourth-order valence-electron chi connectivity index (χ4n) is 2.38. The lowest BCUT2D eigenvalue weighted by Gasteiger charge is -2.24. The predicted octanol–water partition coefficient (Wildman–Crippen LogP) is 2.39. The Balaban J connectivity index is 0.000000396. The second-order valence-electron chi connectivity index (χ2n) is 9.31. The van der Waals surface area contributed by atoms with E-state index in [0.717, 1.165) is 0 Å². The largest absolute Gasteiger partial charge is 0.544 e. The number of benzene rings is 2. The van der Waals surface area contributed by atoms with E-state index in [2.05, 4.69) is 90.1 Å². The maximum absolute atomic E-state index is 11.7. The number of alkyl halides is 5. The number of carbonyl (C=O) groups is 1. The average molecular weight is 570 g/mol. The van der Waals surface area contributed by atoms with Crippen molar-refractivity contribution in [3.63, 3.8) is 0 Å². The Bertz CT molecular complexity index is 825. The number of carboxylic acids is 1. The summed E-state index contributed by atoms with van der Waals surface area (Å²) in [5.74, 6) is -14.0. The van der Waals surface area contributed by atoms with Crippen molar-refractivity contribution in [1.82, 2.24) is 0 Å². The highest BCUT2D eigenvalue weighted by Gasteiger charge is 2.57. The van der Waals surface area contributed by atoms with Crippen LogP contribution in [0.3, 0.4) is 0 Å². The summed E-state index contributed by atoms with van der Waals surface area (Å²) in [6.45, 7) is 10.9. The van der Waals surface area contributed by atoms with E-state index in [1.54, 1.807) is 0 Å². The Kier molecular flexibility index (Phi) is 9.28. The molecule has 0 saturated carbocycles. The van der Waals surface area contributed by atoms with E-state index in [1.165, 1.54) is 18.3 Å². The SMILES string of the molecule is CC(C)(C)c1ccc([I+]c2ccc(C(C)(C)C)cc2)cc1.O=C([O-])C(F)(F)C(F)(F)CF. The molecule has 0 bridgehead atoms. The molecule has 0 amide bonds. The van der Waals surface area contributed by atoms with Crippen molar-refractivity contribution in [3.05, 3.63) is 66.8 Å². The van der Waals surface area contributed by atoms with Gasteiger partial charge in [-0.3, -0.25) is 0 Å². The minimum atomic E-state index is -5.46. The second-order valence-corrected chi connectivity index (χ2v) is 12.3. The summed E-state index contributed by atoms with van der Waals surface area (Å²) in [6.07, 6.45) is 0. The highest BCUT2D eigenvalue weighted by atomic mass is 127. The van der Waals surface area contributed by atoms with Crippen LogP contribution >= 0.6 is 0 Å². The molecular formula is C24H28F5IO2. The Morgan fingerprint density at radius 3 is 1.25 bits per heavy atom. The van der Waals surface area contributed by atoms with Crippen molar-refractivity contribution in [1.29, 1.82) is 0 Å². The van der Waals surface area contributed by atoms with Crippen LogP contribution in [0.15, 0.2) is 48.5 Å². The molecule has 0 spiro atoms. The number of halogens is 6. The summed E-state index contributed by atoms with van der Waals surface area (Å²) in [5, 5.41) is 9.32. The van der Waals surface area contributed by atoms with Crippen molar-refractivity contribution in [3.8, 4) is 0 Å². The molecule has 0 saturated heterocycles. The number of hydrogen-bond acceptors (Lipinski definition) is 2. The summed E-state index contributed by atoms with van der Waals surface area (Å²) < 4.78 is 60.7. The van der Waals surface area contributed by atoms with Crippen molar-refractivity contribution in [2.24, 2.45) is 0 Å². The molecule has 0 unspecified atom stereocenters. The maximum Gasteiger partial charge on any atom is 0.357 e. The van der Waals surface area contributed by atoms with Crippen LogP contribution in [0.4, 0.5) is 22.0 Å². The quantitative estimate of drug-likeness (QED) is 0.410. The third-order valence-corrected chi connectivity index (χ3v) is 7.21. The van der Waals surface area contributed by atoms with Crippen LogP contribution in [0.1, 0.15) is 52.7 Å². The van der Waals surface area contributed by atoms with Crippen LogP contribution in [0.25, 0.3) is 0 Å². The highest BCUT2D eigenvalue weighted by Crippen LogP contribution is 2.33. The molecule has 178 valence electrons. The number of hydrogen-bond donors (Lipinski definition) is 0. The number of aliphatic carboxylic acids is 1. The molecular weight excluding hydrogens is 542 g/mol. The van der Waals surface area contributed by atoms with Gasteiger partial charge in [-0.25, -0.2) is 4.39 Å². The first-order valence-electron chi connectivity index (χ1n) is 9.81. The van der Waals surface area contributed by atoms with E-state index < -0.39 is 24.5 Å². The normalized spacial score (nSPS) is 12.7. The molecule has 0 aliphatic carbocycles. The molecule has 0 N–H and O–H groups in total. The Morgan fingerprint density at radius 1 is 0.750 bits per heavy atom. The van der Waals surface area contributed by atoms with Gasteiger partial charge in [0.1, 0.15) is 5.97 Å².